The molecule has 0 spiro atoms. The van der Waals surface area contributed by atoms with Gasteiger partial charge >= 0.3 is 0 Å². The van der Waals surface area contributed by atoms with Crippen molar-refractivity contribution < 1.29 is 24.2 Å². The van der Waals surface area contributed by atoms with E-state index in [4.69, 9.17) is 9.47 Å². The summed E-state index contributed by atoms with van der Waals surface area (Å²) in [5.74, 6) is 0.872. The molecule has 0 aromatic heterocycles. The van der Waals surface area contributed by atoms with Gasteiger partial charge in [0.25, 0.3) is 5.91 Å². The van der Waals surface area contributed by atoms with Crippen LogP contribution < -0.4 is 14.8 Å². The standard InChI is InChI=1S/C27H32N2O5/c30-21-15-13-18(14-16-21)25(26(31)28-19-7-1-2-8-19)29(20-9-3-4-10-20)27(32)24-17-33-22-11-5-6-12-23(22)34-24/h5-6,11-16,19-20,24-25,30H,1-4,7-10,17H2,(H,28,31)/t24-,25+/m1/s1. The number of aromatic hydroxyl groups is 1. The van der Waals surface area contributed by atoms with Crippen molar-refractivity contribution in [3.05, 3.63) is 54.1 Å². The van der Waals surface area contributed by atoms with Crippen molar-refractivity contribution in [2.45, 2.75) is 75.6 Å². The number of hydrogen-bond acceptors (Lipinski definition) is 5. The summed E-state index contributed by atoms with van der Waals surface area (Å²) in [5, 5.41) is 13.0. The van der Waals surface area contributed by atoms with Gasteiger partial charge in [-0.25, -0.2) is 0 Å². The highest BCUT2D eigenvalue weighted by molar-refractivity contribution is 5.91. The first-order valence-corrected chi connectivity index (χ1v) is 12.4. The van der Waals surface area contributed by atoms with Crippen molar-refractivity contribution >= 4 is 11.8 Å². The molecule has 2 atom stereocenters. The zero-order chi connectivity index (χ0) is 23.5. The maximum absolute atomic E-state index is 14.0. The predicted molar refractivity (Wildman–Crippen MR) is 127 cm³/mol. The average Bonchev–Trinajstić information content (AvgIpc) is 3.57. The first-order chi connectivity index (χ1) is 16.6. The second kappa shape index (κ2) is 9.95. The molecule has 0 radical (unpaired) electrons. The topological polar surface area (TPSA) is 88.1 Å². The van der Waals surface area contributed by atoms with Crippen LogP contribution in [0.3, 0.4) is 0 Å². The molecule has 1 heterocycles. The highest BCUT2D eigenvalue weighted by Crippen LogP contribution is 2.36. The molecule has 7 heteroatoms. The number of rotatable bonds is 6. The zero-order valence-electron chi connectivity index (χ0n) is 19.3. The van der Waals surface area contributed by atoms with Crippen LogP contribution in [0.5, 0.6) is 17.2 Å². The Hall–Kier alpha value is -3.22. The van der Waals surface area contributed by atoms with E-state index in [0.29, 0.717) is 17.1 Å². The van der Waals surface area contributed by atoms with Gasteiger partial charge in [0.1, 0.15) is 18.4 Å². The maximum atomic E-state index is 14.0. The second-order valence-corrected chi connectivity index (χ2v) is 9.53. The van der Waals surface area contributed by atoms with Gasteiger partial charge in [0.2, 0.25) is 12.0 Å². The molecule has 34 heavy (non-hydrogen) atoms. The smallest absolute Gasteiger partial charge is 0.268 e. The van der Waals surface area contributed by atoms with Crippen molar-refractivity contribution in [3.63, 3.8) is 0 Å². The number of para-hydroxylation sites is 2. The summed E-state index contributed by atoms with van der Waals surface area (Å²) in [7, 11) is 0. The Morgan fingerprint density at radius 3 is 2.26 bits per heavy atom. The van der Waals surface area contributed by atoms with Gasteiger partial charge in [0.05, 0.1) is 0 Å². The van der Waals surface area contributed by atoms with E-state index in [1.807, 2.05) is 18.2 Å². The minimum Gasteiger partial charge on any atom is -0.508 e. The Kier molecular flexibility index (Phi) is 6.61. The molecular weight excluding hydrogens is 432 g/mol. The quantitative estimate of drug-likeness (QED) is 0.672. The molecule has 5 rings (SSSR count). The van der Waals surface area contributed by atoms with Gasteiger partial charge in [-0.15, -0.1) is 0 Å². The normalized spacial score (nSPS) is 21.2. The summed E-state index contributed by atoms with van der Waals surface area (Å²) in [5.41, 5.74) is 0.686. The lowest BCUT2D eigenvalue weighted by molar-refractivity contribution is -0.151. The molecule has 7 nitrogen and oxygen atoms in total. The molecule has 2 aromatic carbocycles. The third kappa shape index (κ3) is 4.69. The molecule has 2 aliphatic carbocycles. The number of nitrogens with zero attached hydrogens (tertiary/aromatic N) is 1. The first kappa shape index (κ1) is 22.6. The highest BCUT2D eigenvalue weighted by atomic mass is 16.6. The number of phenolic OH excluding ortho intramolecular Hbond substituents is 1. The van der Waals surface area contributed by atoms with Gasteiger partial charge in [0, 0.05) is 12.1 Å². The van der Waals surface area contributed by atoms with E-state index in [1.54, 1.807) is 35.2 Å². The van der Waals surface area contributed by atoms with Crippen molar-refractivity contribution in [1.82, 2.24) is 10.2 Å². The third-order valence-corrected chi connectivity index (χ3v) is 7.19. The molecule has 0 bridgehead atoms. The fourth-order valence-corrected chi connectivity index (χ4v) is 5.45. The molecule has 180 valence electrons. The van der Waals surface area contributed by atoms with Crippen LogP contribution >= 0.6 is 0 Å². The van der Waals surface area contributed by atoms with Crippen LogP contribution in [-0.4, -0.2) is 46.6 Å². The first-order valence-electron chi connectivity index (χ1n) is 12.4. The number of hydrogen-bond donors (Lipinski definition) is 2. The van der Waals surface area contributed by atoms with Crippen molar-refractivity contribution in [2.24, 2.45) is 0 Å². The zero-order valence-corrected chi connectivity index (χ0v) is 19.3. The minimum absolute atomic E-state index is 0.0543. The lowest BCUT2D eigenvalue weighted by Crippen LogP contribution is -2.55. The minimum atomic E-state index is -0.825. The molecule has 3 aliphatic rings. The number of carbonyl (C=O) groups is 2. The number of benzene rings is 2. The fourth-order valence-electron chi connectivity index (χ4n) is 5.45. The summed E-state index contributed by atoms with van der Waals surface area (Å²) in [6, 6.07) is 13.2. The molecule has 1 aliphatic heterocycles. The Morgan fingerprint density at radius 2 is 1.56 bits per heavy atom. The Morgan fingerprint density at radius 1 is 0.912 bits per heavy atom. The van der Waals surface area contributed by atoms with E-state index >= 15 is 0 Å². The van der Waals surface area contributed by atoms with E-state index in [0.717, 1.165) is 51.4 Å². The number of ether oxygens (including phenoxy) is 2. The van der Waals surface area contributed by atoms with Gasteiger partial charge in [-0.05, 0) is 55.5 Å². The van der Waals surface area contributed by atoms with Gasteiger partial charge in [-0.3, -0.25) is 9.59 Å². The second-order valence-electron chi connectivity index (χ2n) is 9.53. The van der Waals surface area contributed by atoms with E-state index in [2.05, 4.69) is 5.32 Å². The summed E-state index contributed by atoms with van der Waals surface area (Å²) in [4.78, 5) is 29.5. The Balaban J connectivity index is 1.48. The van der Waals surface area contributed by atoms with Crippen molar-refractivity contribution in [1.29, 1.82) is 0 Å². The van der Waals surface area contributed by atoms with E-state index in [-0.39, 0.29) is 36.3 Å². The van der Waals surface area contributed by atoms with Crippen LogP contribution in [0.2, 0.25) is 0 Å². The van der Waals surface area contributed by atoms with Gasteiger partial charge in [-0.2, -0.15) is 0 Å². The highest BCUT2D eigenvalue weighted by Gasteiger charge is 2.42. The average molecular weight is 465 g/mol. The number of nitrogens with one attached hydrogen (secondary N) is 1. The molecular formula is C27H32N2O5. The maximum Gasteiger partial charge on any atom is 0.268 e. The van der Waals surface area contributed by atoms with E-state index < -0.39 is 12.1 Å². The van der Waals surface area contributed by atoms with Crippen LogP contribution in [0.4, 0.5) is 0 Å². The molecule has 2 aromatic rings. The lowest BCUT2D eigenvalue weighted by atomic mass is 9.99. The molecule has 0 unspecified atom stereocenters. The monoisotopic (exact) mass is 464 g/mol. The van der Waals surface area contributed by atoms with Crippen LogP contribution in [0, 0.1) is 0 Å². The molecule has 2 N–H and O–H groups in total. The number of carbonyl (C=O) groups excluding carboxylic acids is 2. The summed E-state index contributed by atoms with van der Waals surface area (Å²) < 4.78 is 11.9. The SMILES string of the molecule is O=C(NC1CCCC1)[C@H](c1ccc(O)cc1)N(C(=O)[C@H]1COc2ccccc2O1)C1CCCC1. The molecule has 2 fully saturated rings. The van der Waals surface area contributed by atoms with Crippen LogP contribution in [0.1, 0.15) is 63.0 Å². The lowest BCUT2D eigenvalue weighted by Gasteiger charge is -2.39. The molecule has 2 amide bonds. The fraction of sp³-hybridized carbons (Fsp3) is 0.481. The largest absolute Gasteiger partial charge is 0.508 e. The van der Waals surface area contributed by atoms with Crippen LogP contribution in [-0.2, 0) is 9.59 Å². The van der Waals surface area contributed by atoms with Crippen LogP contribution in [0.25, 0.3) is 0 Å². The van der Waals surface area contributed by atoms with Crippen molar-refractivity contribution in [3.8, 4) is 17.2 Å². The Labute approximate surface area is 200 Å². The number of phenols is 1. The van der Waals surface area contributed by atoms with Crippen molar-refractivity contribution in [2.75, 3.05) is 6.61 Å². The predicted octanol–water partition coefficient (Wildman–Crippen LogP) is 4.10. The third-order valence-electron chi connectivity index (χ3n) is 7.19. The number of amides is 2. The van der Waals surface area contributed by atoms with Gasteiger partial charge < -0.3 is 24.8 Å². The van der Waals surface area contributed by atoms with E-state index in [9.17, 15) is 14.7 Å². The number of fused-ring (bicyclic) bond motifs is 1. The molecule has 2 saturated carbocycles. The Bertz CT molecular complexity index is 1010. The summed E-state index contributed by atoms with van der Waals surface area (Å²) in [6.07, 6.45) is 7.04. The van der Waals surface area contributed by atoms with E-state index in [1.165, 1.54) is 0 Å². The van der Waals surface area contributed by atoms with Gasteiger partial charge in [0.15, 0.2) is 11.5 Å². The molecule has 0 saturated heterocycles. The summed E-state index contributed by atoms with van der Waals surface area (Å²) >= 11 is 0. The summed E-state index contributed by atoms with van der Waals surface area (Å²) in [6.45, 7) is 0.103. The van der Waals surface area contributed by atoms with Gasteiger partial charge in [-0.1, -0.05) is 49.9 Å². The van der Waals surface area contributed by atoms with Crippen LogP contribution in [0.15, 0.2) is 48.5 Å².